The van der Waals surface area contributed by atoms with E-state index in [1.807, 2.05) is 7.05 Å². The van der Waals surface area contributed by atoms with Gasteiger partial charge >= 0.3 is 0 Å². The Kier molecular flexibility index (Phi) is 5.79. The van der Waals surface area contributed by atoms with Gasteiger partial charge in [-0.05, 0) is 39.2 Å². The molecule has 0 bridgehead atoms. The van der Waals surface area contributed by atoms with E-state index in [9.17, 15) is 0 Å². The minimum atomic E-state index is 0.653. The molecular weight excluding hydrogens is 262 g/mol. The summed E-state index contributed by atoms with van der Waals surface area (Å²) >= 11 is 0. The molecule has 0 aromatic carbocycles. The average molecular weight is 291 g/mol. The summed E-state index contributed by atoms with van der Waals surface area (Å²) in [6.45, 7) is 10.2. The Balaban J connectivity index is 1.97. The Morgan fingerprint density at radius 2 is 2.10 bits per heavy atom. The molecule has 0 saturated carbocycles. The number of likely N-dealkylation sites (tertiary alicyclic amines) is 1. The van der Waals surface area contributed by atoms with E-state index in [4.69, 9.17) is 0 Å². The molecule has 118 valence electrons. The molecule has 2 heterocycles. The van der Waals surface area contributed by atoms with Crippen molar-refractivity contribution in [1.29, 1.82) is 0 Å². The maximum absolute atomic E-state index is 4.45. The zero-order valence-electron chi connectivity index (χ0n) is 13.8. The molecule has 2 rings (SSSR count). The number of anilines is 2. The second kappa shape index (κ2) is 7.59. The fraction of sp³-hybridized carbons (Fsp3) is 0.750. The number of aromatic nitrogens is 2. The van der Waals surface area contributed by atoms with Crippen LogP contribution in [0, 0.1) is 5.92 Å². The lowest BCUT2D eigenvalue weighted by molar-refractivity contribution is 0.266. The second-order valence-corrected chi connectivity index (χ2v) is 6.17. The molecule has 1 unspecified atom stereocenters. The van der Waals surface area contributed by atoms with Crippen molar-refractivity contribution in [3.63, 3.8) is 0 Å². The minimum Gasteiger partial charge on any atom is -0.373 e. The van der Waals surface area contributed by atoms with Crippen LogP contribution in [0.4, 0.5) is 11.6 Å². The molecule has 1 saturated heterocycles. The summed E-state index contributed by atoms with van der Waals surface area (Å²) in [5.41, 5.74) is 1.21. The van der Waals surface area contributed by atoms with Crippen molar-refractivity contribution >= 4 is 11.6 Å². The third kappa shape index (κ3) is 4.06. The highest BCUT2D eigenvalue weighted by Gasteiger charge is 2.24. The van der Waals surface area contributed by atoms with Gasteiger partial charge in [0.05, 0.1) is 0 Å². The summed E-state index contributed by atoms with van der Waals surface area (Å²) in [6, 6.07) is 0.653. The Bertz CT molecular complexity index is 446. The van der Waals surface area contributed by atoms with Gasteiger partial charge in [0.1, 0.15) is 18.0 Å². The SMILES string of the molecule is CCCc1c(NC)ncnc1NCC1CCN(C(C)C)C1. The molecule has 0 amide bonds. The minimum absolute atomic E-state index is 0.653. The van der Waals surface area contributed by atoms with Gasteiger partial charge in [-0.15, -0.1) is 0 Å². The highest BCUT2D eigenvalue weighted by atomic mass is 15.2. The van der Waals surface area contributed by atoms with E-state index in [0.717, 1.165) is 36.9 Å². The van der Waals surface area contributed by atoms with Gasteiger partial charge in [-0.25, -0.2) is 9.97 Å². The predicted octanol–water partition coefficient (Wildman–Crippen LogP) is 2.61. The van der Waals surface area contributed by atoms with Crippen LogP contribution < -0.4 is 10.6 Å². The highest BCUT2D eigenvalue weighted by Crippen LogP contribution is 2.23. The second-order valence-electron chi connectivity index (χ2n) is 6.17. The first-order valence-electron chi connectivity index (χ1n) is 8.15. The number of hydrogen-bond donors (Lipinski definition) is 2. The van der Waals surface area contributed by atoms with E-state index in [0.29, 0.717) is 6.04 Å². The van der Waals surface area contributed by atoms with Gasteiger partial charge in [0.2, 0.25) is 0 Å². The smallest absolute Gasteiger partial charge is 0.134 e. The Morgan fingerprint density at radius 1 is 1.33 bits per heavy atom. The molecule has 1 aliphatic heterocycles. The Labute approximate surface area is 128 Å². The molecular formula is C16H29N5. The summed E-state index contributed by atoms with van der Waals surface area (Å²) < 4.78 is 0. The molecule has 0 radical (unpaired) electrons. The zero-order chi connectivity index (χ0) is 15.2. The molecule has 2 N–H and O–H groups in total. The molecule has 1 aliphatic rings. The van der Waals surface area contributed by atoms with Gasteiger partial charge in [0.25, 0.3) is 0 Å². The molecule has 1 aromatic rings. The van der Waals surface area contributed by atoms with Crippen LogP contribution in [0.3, 0.4) is 0 Å². The first kappa shape index (κ1) is 16.0. The number of hydrogen-bond acceptors (Lipinski definition) is 5. The first-order chi connectivity index (χ1) is 10.2. The van der Waals surface area contributed by atoms with E-state index in [1.54, 1.807) is 6.33 Å². The van der Waals surface area contributed by atoms with Crippen molar-refractivity contribution in [2.24, 2.45) is 5.92 Å². The van der Waals surface area contributed by atoms with Gasteiger partial charge < -0.3 is 15.5 Å². The van der Waals surface area contributed by atoms with Crippen LogP contribution in [-0.4, -0.2) is 47.6 Å². The summed E-state index contributed by atoms with van der Waals surface area (Å²) in [4.78, 5) is 11.3. The van der Waals surface area contributed by atoms with E-state index < -0.39 is 0 Å². The van der Waals surface area contributed by atoms with Crippen molar-refractivity contribution in [2.75, 3.05) is 37.3 Å². The van der Waals surface area contributed by atoms with E-state index >= 15 is 0 Å². The average Bonchev–Trinajstić information content (AvgIpc) is 2.95. The monoisotopic (exact) mass is 291 g/mol. The molecule has 1 aromatic heterocycles. The quantitative estimate of drug-likeness (QED) is 0.809. The van der Waals surface area contributed by atoms with E-state index in [-0.39, 0.29) is 0 Å². The maximum atomic E-state index is 4.45. The Morgan fingerprint density at radius 3 is 2.71 bits per heavy atom. The van der Waals surface area contributed by atoms with Gasteiger partial charge in [0, 0.05) is 31.7 Å². The zero-order valence-corrected chi connectivity index (χ0v) is 13.8. The van der Waals surface area contributed by atoms with Gasteiger partial charge in [-0.3, -0.25) is 0 Å². The van der Waals surface area contributed by atoms with Crippen LogP contribution in [0.15, 0.2) is 6.33 Å². The fourth-order valence-corrected chi connectivity index (χ4v) is 3.01. The van der Waals surface area contributed by atoms with Crippen LogP contribution in [0.1, 0.15) is 39.2 Å². The summed E-state index contributed by atoms with van der Waals surface area (Å²) in [6.07, 6.45) is 5.02. The molecule has 21 heavy (non-hydrogen) atoms. The first-order valence-corrected chi connectivity index (χ1v) is 8.15. The predicted molar refractivity (Wildman–Crippen MR) is 88.9 cm³/mol. The molecule has 5 heteroatoms. The van der Waals surface area contributed by atoms with Gasteiger partial charge in [0.15, 0.2) is 0 Å². The van der Waals surface area contributed by atoms with E-state index in [1.165, 1.54) is 25.1 Å². The number of nitrogens with one attached hydrogen (secondary N) is 2. The van der Waals surface area contributed by atoms with Crippen LogP contribution in [0.2, 0.25) is 0 Å². The van der Waals surface area contributed by atoms with Crippen molar-refractivity contribution in [1.82, 2.24) is 14.9 Å². The van der Waals surface area contributed by atoms with E-state index in [2.05, 4.69) is 46.3 Å². The number of rotatable bonds is 7. The summed E-state index contributed by atoms with van der Waals surface area (Å²) in [7, 11) is 1.92. The van der Waals surface area contributed by atoms with Crippen molar-refractivity contribution in [3.8, 4) is 0 Å². The van der Waals surface area contributed by atoms with Crippen molar-refractivity contribution in [3.05, 3.63) is 11.9 Å². The number of nitrogens with zero attached hydrogens (tertiary/aromatic N) is 3. The largest absolute Gasteiger partial charge is 0.373 e. The summed E-state index contributed by atoms with van der Waals surface area (Å²) in [5, 5.41) is 6.73. The maximum Gasteiger partial charge on any atom is 0.134 e. The third-order valence-electron chi connectivity index (χ3n) is 4.29. The fourth-order valence-electron chi connectivity index (χ4n) is 3.01. The van der Waals surface area contributed by atoms with Crippen molar-refractivity contribution in [2.45, 2.75) is 46.1 Å². The van der Waals surface area contributed by atoms with Gasteiger partial charge in [-0.1, -0.05) is 13.3 Å². The van der Waals surface area contributed by atoms with Gasteiger partial charge in [-0.2, -0.15) is 0 Å². The Hall–Kier alpha value is -1.36. The van der Waals surface area contributed by atoms with Crippen molar-refractivity contribution < 1.29 is 0 Å². The molecule has 1 fully saturated rings. The normalized spacial score (nSPS) is 19.2. The lowest BCUT2D eigenvalue weighted by Gasteiger charge is -2.20. The van der Waals surface area contributed by atoms with Crippen LogP contribution in [0.25, 0.3) is 0 Å². The lowest BCUT2D eigenvalue weighted by atomic mass is 10.1. The standard InChI is InChI=1S/C16H29N5/c1-5-6-14-15(17-4)19-11-20-16(14)18-9-13-7-8-21(10-13)12(2)3/h11-13H,5-10H2,1-4H3,(H2,17,18,19,20). The lowest BCUT2D eigenvalue weighted by Crippen LogP contribution is -2.29. The molecule has 0 aliphatic carbocycles. The van der Waals surface area contributed by atoms with Crippen LogP contribution in [-0.2, 0) is 6.42 Å². The van der Waals surface area contributed by atoms with Crippen LogP contribution >= 0.6 is 0 Å². The summed E-state index contributed by atoms with van der Waals surface area (Å²) in [5.74, 6) is 2.67. The molecule has 5 nitrogen and oxygen atoms in total. The topological polar surface area (TPSA) is 53.1 Å². The molecule has 1 atom stereocenters. The highest BCUT2D eigenvalue weighted by molar-refractivity contribution is 5.57. The van der Waals surface area contributed by atoms with Crippen LogP contribution in [0.5, 0.6) is 0 Å². The molecule has 0 spiro atoms. The third-order valence-corrected chi connectivity index (χ3v) is 4.29.